The van der Waals surface area contributed by atoms with Gasteiger partial charge in [-0.15, -0.1) is 16.9 Å². The SMILES string of the molecule is O=C(Cn1cc(CO)nn1)N1CCSc2ccccc21. The molecule has 7 heteroatoms. The Bertz CT molecular complexity index is 628. The van der Waals surface area contributed by atoms with E-state index in [0.717, 1.165) is 16.3 Å². The zero-order valence-electron chi connectivity index (χ0n) is 10.8. The number of hydrogen-bond donors (Lipinski definition) is 1. The summed E-state index contributed by atoms with van der Waals surface area (Å²) in [5, 5.41) is 16.5. The van der Waals surface area contributed by atoms with Gasteiger partial charge < -0.3 is 10.0 Å². The molecule has 1 aliphatic rings. The van der Waals surface area contributed by atoms with Crippen molar-refractivity contribution in [2.45, 2.75) is 18.0 Å². The van der Waals surface area contributed by atoms with Gasteiger partial charge in [0.25, 0.3) is 0 Å². The van der Waals surface area contributed by atoms with Crippen molar-refractivity contribution in [1.82, 2.24) is 15.0 Å². The van der Waals surface area contributed by atoms with Gasteiger partial charge in [0.2, 0.25) is 5.91 Å². The summed E-state index contributed by atoms with van der Waals surface area (Å²) in [5.41, 5.74) is 1.42. The fourth-order valence-electron chi connectivity index (χ4n) is 2.14. The van der Waals surface area contributed by atoms with Crippen LogP contribution in [0.4, 0.5) is 5.69 Å². The van der Waals surface area contributed by atoms with Gasteiger partial charge in [0.1, 0.15) is 12.2 Å². The second kappa shape index (κ2) is 5.64. The van der Waals surface area contributed by atoms with Gasteiger partial charge in [-0.1, -0.05) is 17.3 Å². The van der Waals surface area contributed by atoms with Crippen molar-refractivity contribution < 1.29 is 9.90 Å². The summed E-state index contributed by atoms with van der Waals surface area (Å²) < 4.78 is 1.46. The predicted molar refractivity (Wildman–Crippen MR) is 75.5 cm³/mol. The van der Waals surface area contributed by atoms with E-state index in [0.29, 0.717) is 12.2 Å². The molecular formula is C13H14N4O2S. The number of aliphatic hydroxyl groups excluding tert-OH is 1. The Morgan fingerprint density at radius 3 is 3.05 bits per heavy atom. The van der Waals surface area contributed by atoms with E-state index in [4.69, 9.17) is 5.11 Å². The lowest BCUT2D eigenvalue weighted by atomic mass is 10.2. The van der Waals surface area contributed by atoms with Gasteiger partial charge in [0.05, 0.1) is 18.5 Å². The monoisotopic (exact) mass is 290 g/mol. The molecule has 2 aromatic rings. The molecule has 20 heavy (non-hydrogen) atoms. The number of para-hydroxylation sites is 1. The molecule has 104 valence electrons. The topological polar surface area (TPSA) is 71.2 Å². The molecule has 6 nitrogen and oxygen atoms in total. The number of thioether (sulfide) groups is 1. The third kappa shape index (κ3) is 2.54. The van der Waals surface area contributed by atoms with Crippen LogP contribution in [0.1, 0.15) is 5.69 Å². The molecule has 3 rings (SSSR count). The Morgan fingerprint density at radius 1 is 1.40 bits per heavy atom. The molecule has 0 unspecified atom stereocenters. The number of rotatable bonds is 3. The van der Waals surface area contributed by atoms with Crippen LogP contribution in [0.15, 0.2) is 35.4 Å². The van der Waals surface area contributed by atoms with E-state index in [1.54, 1.807) is 22.9 Å². The number of aromatic nitrogens is 3. The van der Waals surface area contributed by atoms with Crippen molar-refractivity contribution in [2.24, 2.45) is 0 Å². The Kier molecular flexibility index (Phi) is 3.70. The molecule has 0 fully saturated rings. The highest BCUT2D eigenvalue weighted by Gasteiger charge is 2.22. The van der Waals surface area contributed by atoms with Crippen molar-refractivity contribution in [1.29, 1.82) is 0 Å². The number of amides is 1. The Labute approximate surface area is 120 Å². The van der Waals surface area contributed by atoms with Crippen LogP contribution in [0.5, 0.6) is 0 Å². The summed E-state index contributed by atoms with van der Waals surface area (Å²) in [6, 6.07) is 7.90. The predicted octanol–water partition coefficient (Wildman–Crippen LogP) is 0.909. The highest BCUT2D eigenvalue weighted by molar-refractivity contribution is 7.99. The molecule has 1 aromatic carbocycles. The maximum atomic E-state index is 12.4. The van der Waals surface area contributed by atoms with E-state index in [1.165, 1.54) is 4.68 Å². The summed E-state index contributed by atoms with van der Waals surface area (Å²) in [7, 11) is 0. The van der Waals surface area contributed by atoms with E-state index >= 15 is 0 Å². The first-order chi connectivity index (χ1) is 9.78. The van der Waals surface area contributed by atoms with Crippen LogP contribution >= 0.6 is 11.8 Å². The van der Waals surface area contributed by atoms with Crippen molar-refractivity contribution in [2.75, 3.05) is 17.2 Å². The second-order valence-corrected chi connectivity index (χ2v) is 5.56. The van der Waals surface area contributed by atoms with Crippen molar-refractivity contribution >= 4 is 23.4 Å². The summed E-state index contributed by atoms with van der Waals surface area (Å²) in [5.74, 6) is 0.870. The highest BCUT2D eigenvalue weighted by Crippen LogP contribution is 2.34. The fourth-order valence-corrected chi connectivity index (χ4v) is 3.14. The Morgan fingerprint density at radius 2 is 2.25 bits per heavy atom. The standard InChI is InChI=1S/C13H14N4O2S/c18-9-10-7-16(15-14-10)8-13(19)17-5-6-20-12-4-2-1-3-11(12)17/h1-4,7,18H,5-6,8-9H2. The minimum absolute atomic E-state index is 0.0212. The Hall–Kier alpha value is -1.86. The molecule has 0 saturated heterocycles. The average molecular weight is 290 g/mol. The van der Waals surface area contributed by atoms with Gasteiger partial charge in [-0.25, -0.2) is 4.68 Å². The van der Waals surface area contributed by atoms with Gasteiger partial charge >= 0.3 is 0 Å². The van der Waals surface area contributed by atoms with Crippen LogP contribution < -0.4 is 4.90 Å². The zero-order valence-corrected chi connectivity index (χ0v) is 11.6. The zero-order chi connectivity index (χ0) is 13.9. The van der Waals surface area contributed by atoms with E-state index < -0.39 is 0 Å². The van der Waals surface area contributed by atoms with Gasteiger partial charge in [0, 0.05) is 17.2 Å². The number of hydrogen-bond acceptors (Lipinski definition) is 5. The van der Waals surface area contributed by atoms with E-state index in [1.807, 2.05) is 24.3 Å². The van der Waals surface area contributed by atoms with Crippen LogP contribution in [0, 0.1) is 0 Å². The van der Waals surface area contributed by atoms with Crippen molar-refractivity contribution in [3.63, 3.8) is 0 Å². The largest absolute Gasteiger partial charge is 0.390 e. The molecule has 0 bridgehead atoms. The molecule has 1 aromatic heterocycles. The summed E-state index contributed by atoms with van der Waals surface area (Å²) in [6.45, 7) is 0.658. The molecule has 1 aliphatic heterocycles. The molecule has 0 atom stereocenters. The molecule has 0 aliphatic carbocycles. The lowest BCUT2D eigenvalue weighted by Crippen LogP contribution is -2.37. The number of carbonyl (C=O) groups is 1. The first kappa shape index (κ1) is 13.1. The summed E-state index contributed by atoms with van der Waals surface area (Å²) in [6.07, 6.45) is 1.59. The van der Waals surface area contributed by atoms with Gasteiger partial charge in [0.15, 0.2) is 0 Å². The fraction of sp³-hybridized carbons (Fsp3) is 0.308. The van der Waals surface area contributed by atoms with E-state index in [-0.39, 0.29) is 19.1 Å². The third-order valence-corrected chi connectivity index (χ3v) is 4.12. The van der Waals surface area contributed by atoms with Crippen LogP contribution in [0.3, 0.4) is 0 Å². The van der Waals surface area contributed by atoms with Crippen LogP contribution in [-0.4, -0.2) is 38.3 Å². The highest BCUT2D eigenvalue weighted by atomic mass is 32.2. The van der Waals surface area contributed by atoms with Crippen molar-refractivity contribution in [3.05, 3.63) is 36.2 Å². The van der Waals surface area contributed by atoms with Crippen LogP contribution in [0.25, 0.3) is 0 Å². The average Bonchev–Trinajstić information content (AvgIpc) is 2.94. The second-order valence-electron chi connectivity index (χ2n) is 4.43. The lowest BCUT2D eigenvalue weighted by molar-refractivity contribution is -0.119. The molecule has 1 N–H and O–H groups in total. The molecular weight excluding hydrogens is 276 g/mol. The van der Waals surface area contributed by atoms with Gasteiger partial charge in [-0.3, -0.25) is 4.79 Å². The minimum atomic E-state index is -0.169. The summed E-state index contributed by atoms with van der Waals surface area (Å²) >= 11 is 1.76. The first-order valence-electron chi connectivity index (χ1n) is 6.30. The van der Waals surface area contributed by atoms with Crippen molar-refractivity contribution in [3.8, 4) is 0 Å². The molecule has 2 heterocycles. The lowest BCUT2D eigenvalue weighted by Gasteiger charge is -2.28. The van der Waals surface area contributed by atoms with E-state index in [2.05, 4.69) is 10.3 Å². The van der Waals surface area contributed by atoms with Crippen LogP contribution in [-0.2, 0) is 17.9 Å². The maximum absolute atomic E-state index is 12.4. The van der Waals surface area contributed by atoms with Crippen LogP contribution in [0.2, 0.25) is 0 Å². The molecule has 1 amide bonds. The minimum Gasteiger partial charge on any atom is -0.390 e. The number of carbonyl (C=O) groups excluding carboxylic acids is 1. The number of anilines is 1. The maximum Gasteiger partial charge on any atom is 0.248 e. The molecule has 0 spiro atoms. The summed E-state index contributed by atoms with van der Waals surface area (Å²) in [4.78, 5) is 15.3. The van der Waals surface area contributed by atoms with Gasteiger partial charge in [-0.2, -0.15) is 0 Å². The third-order valence-electron chi connectivity index (χ3n) is 3.07. The van der Waals surface area contributed by atoms with E-state index in [9.17, 15) is 4.79 Å². The number of nitrogens with zero attached hydrogens (tertiary/aromatic N) is 4. The normalized spacial score (nSPS) is 14.2. The number of benzene rings is 1. The smallest absolute Gasteiger partial charge is 0.248 e. The molecule has 0 radical (unpaired) electrons. The number of aliphatic hydroxyl groups is 1. The molecule has 0 saturated carbocycles. The quantitative estimate of drug-likeness (QED) is 0.909. The Balaban J connectivity index is 1.78. The van der Waals surface area contributed by atoms with Gasteiger partial charge in [-0.05, 0) is 12.1 Å². The number of fused-ring (bicyclic) bond motifs is 1. The first-order valence-corrected chi connectivity index (χ1v) is 7.28.